The van der Waals surface area contributed by atoms with E-state index in [4.69, 9.17) is 4.74 Å². The molecule has 0 radical (unpaired) electrons. The van der Waals surface area contributed by atoms with Gasteiger partial charge in [-0.2, -0.15) is 0 Å². The lowest BCUT2D eigenvalue weighted by atomic mass is 10.1. The summed E-state index contributed by atoms with van der Waals surface area (Å²) in [7, 11) is 0. The van der Waals surface area contributed by atoms with Crippen LogP contribution in [0.1, 0.15) is 11.1 Å². The molecule has 1 N–H and O–H groups in total. The van der Waals surface area contributed by atoms with Crippen molar-refractivity contribution in [2.75, 3.05) is 31.2 Å². The molecule has 2 aromatic carbocycles. The summed E-state index contributed by atoms with van der Waals surface area (Å²) in [6, 6.07) is 11.9. The van der Waals surface area contributed by atoms with Crippen molar-refractivity contribution >= 4 is 33.5 Å². The van der Waals surface area contributed by atoms with Crippen LogP contribution in [0.3, 0.4) is 0 Å². The van der Waals surface area contributed by atoms with Crippen LogP contribution in [0.5, 0.6) is 5.75 Å². The number of anilines is 1. The second-order valence-corrected chi connectivity index (χ2v) is 6.41. The van der Waals surface area contributed by atoms with E-state index in [1.165, 1.54) is 5.69 Å². The van der Waals surface area contributed by atoms with E-state index in [0.717, 1.165) is 37.6 Å². The highest BCUT2D eigenvalue weighted by atomic mass is 79.9. The number of benzene rings is 2. The number of phenolic OH excluding ortho intramolecular Hbond substituents is 1. The summed E-state index contributed by atoms with van der Waals surface area (Å²) in [5, 5.41) is 10.1. The van der Waals surface area contributed by atoms with Crippen molar-refractivity contribution in [3.8, 4) is 5.75 Å². The smallest absolute Gasteiger partial charge is 0.138 e. The molecule has 0 aromatic heterocycles. The summed E-state index contributed by atoms with van der Waals surface area (Å²) < 4.78 is 6.05. The van der Waals surface area contributed by atoms with Gasteiger partial charge in [0.05, 0.1) is 23.4 Å². The summed E-state index contributed by atoms with van der Waals surface area (Å²) in [5.41, 5.74) is 3.82. The summed E-state index contributed by atoms with van der Waals surface area (Å²) in [6.45, 7) is 5.39. The second-order valence-electron chi connectivity index (χ2n) is 5.56. The largest absolute Gasteiger partial charge is 0.506 e. The summed E-state index contributed by atoms with van der Waals surface area (Å²) in [5.74, 6) is 0.212. The molecule has 23 heavy (non-hydrogen) atoms. The number of nitrogens with zero attached hydrogens (tertiary/aromatic N) is 2. The molecule has 5 heteroatoms. The van der Waals surface area contributed by atoms with Crippen LogP contribution in [0.25, 0.3) is 0 Å². The van der Waals surface area contributed by atoms with Crippen LogP contribution in [-0.4, -0.2) is 37.6 Å². The molecule has 0 saturated carbocycles. The summed E-state index contributed by atoms with van der Waals surface area (Å²) >= 11 is 3.35. The fourth-order valence-corrected chi connectivity index (χ4v) is 3.17. The molecule has 4 nitrogen and oxygen atoms in total. The number of aliphatic imine (C=N–C) groups is 1. The Hall–Kier alpha value is -1.85. The van der Waals surface area contributed by atoms with E-state index in [0.29, 0.717) is 10.0 Å². The van der Waals surface area contributed by atoms with Gasteiger partial charge in [-0.1, -0.05) is 0 Å². The van der Waals surface area contributed by atoms with Crippen molar-refractivity contribution in [2.45, 2.75) is 6.92 Å². The van der Waals surface area contributed by atoms with Gasteiger partial charge in [-0.3, -0.25) is 4.99 Å². The summed E-state index contributed by atoms with van der Waals surface area (Å²) in [6.07, 6.45) is 1.69. The Morgan fingerprint density at radius 3 is 2.57 bits per heavy atom. The quantitative estimate of drug-likeness (QED) is 0.824. The highest BCUT2D eigenvalue weighted by Crippen LogP contribution is 2.29. The number of phenols is 1. The highest BCUT2D eigenvalue weighted by molar-refractivity contribution is 9.10. The van der Waals surface area contributed by atoms with Gasteiger partial charge in [-0.05, 0) is 64.8 Å². The van der Waals surface area contributed by atoms with Gasteiger partial charge in [0.25, 0.3) is 0 Å². The number of hydrogen-bond acceptors (Lipinski definition) is 4. The van der Waals surface area contributed by atoms with E-state index in [9.17, 15) is 5.11 Å². The number of rotatable bonds is 3. The first-order valence-corrected chi connectivity index (χ1v) is 8.39. The SMILES string of the molecule is Cc1cc(Br)c(O)c(C=Nc2ccc(N3CCOCC3)cc2)c1. The van der Waals surface area contributed by atoms with Crippen LogP contribution in [-0.2, 0) is 4.74 Å². The first-order valence-electron chi connectivity index (χ1n) is 7.59. The zero-order chi connectivity index (χ0) is 16.2. The van der Waals surface area contributed by atoms with Gasteiger partial charge < -0.3 is 14.7 Å². The van der Waals surface area contributed by atoms with E-state index in [1.807, 2.05) is 31.2 Å². The standard InChI is InChI=1S/C18H19BrN2O2/c1-13-10-14(18(22)17(19)11-13)12-20-15-2-4-16(5-3-15)21-6-8-23-9-7-21/h2-5,10-12,22H,6-9H2,1H3. The Labute approximate surface area is 144 Å². The minimum atomic E-state index is 0.212. The van der Waals surface area contributed by atoms with E-state index in [-0.39, 0.29) is 5.75 Å². The molecule has 1 fully saturated rings. The Kier molecular flexibility index (Phi) is 4.98. The molecule has 0 aliphatic carbocycles. The topological polar surface area (TPSA) is 45.1 Å². The van der Waals surface area contributed by atoms with Gasteiger partial charge in [0.2, 0.25) is 0 Å². The van der Waals surface area contributed by atoms with Crippen LogP contribution in [0.2, 0.25) is 0 Å². The van der Waals surface area contributed by atoms with Crippen molar-refractivity contribution < 1.29 is 9.84 Å². The predicted octanol–water partition coefficient (Wildman–Crippen LogP) is 4.05. The molecule has 0 spiro atoms. The maximum Gasteiger partial charge on any atom is 0.138 e. The van der Waals surface area contributed by atoms with Crippen LogP contribution >= 0.6 is 15.9 Å². The normalized spacial score (nSPS) is 15.3. The van der Waals surface area contributed by atoms with Gasteiger partial charge in [0.1, 0.15) is 5.75 Å². The third-order valence-corrected chi connectivity index (χ3v) is 4.42. The first kappa shape index (κ1) is 16.0. The molecule has 1 aliphatic heterocycles. The first-order chi connectivity index (χ1) is 11.1. The number of ether oxygens (including phenoxy) is 1. The van der Waals surface area contributed by atoms with E-state index < -0.39 is 0 Å². The van der Waals surface area contributed by atoms with Gasteiger partial charge in [-0.25, -0.2) is 0 Å². The molecule has 1 heterocycles. The van der Waals surface area contributed by atoms with Crippen molar-refractivity contribution in [1.82, 2.24) is 0 Å². The molecular weight excluding hydrogens is 356 g/mol. The van der Waals surface area contributed by atoms with Crippen molar-refractivity contribution in [3.63, 3.8) is 0 Å². The van der Waals surface area contributed by atoms with Crippen LogP contribution in [0.15, 0.2) is 45.9 Å². The number of morpholine rings is 1. The second kappa shape index (κ2) is 7.15. The Morgan fingerprint density at radius 1 is 1.17 bits per heavy atom. The maximum atomic E-state index is 10.1. The Bertz CT molecular complexity index is 708. The van der Waals surface area contributed by atoms with Crippen LogP contribution in [0, 0.1) is 6.92 Å². The lowest BCUT2D eigenvalue weighted by molar-refractivity contribution is 0.122. The predicted molar refractivity (Wildman–Crippen MR) is 97.3 cm³/mol. The molecule has 0 atom stereocenters. The fourth-order valence-electron chi connectivity index (χ4n) is 2.57. The van der Waals surface area contributed by atoms with Crippen molar-refractivity contribution in [2.24, 2.45) is 4.99 Å². The van der Waals surface area contributed by atoms with Crippen LogP contribution in [0.4, 0.5) is 11.4 Å². The molecule has 3 rings (SSSR count). The van der Waals surface area contributed by atoms with Gasteiger partial charge in [0.15, 0.2) is 0 Å². The maximum absolute atomic E-state index is 10.1. The van der Waals surface area contributed by atoms with E-state index in [1.54, 1.807) is 6.21 Å². The van der Waals surface area contributed by atoms with Gasteiger partial charge in [-0.15, -0.1) is 0 Å². The minimum Gasteiger partial charge on any atom is -0.506 e. The fraction of sp³-hybridized carbons (Fsp3) is 0.278. The van der Waals surface area contributed by atoms with E-state index >= 15 is 0 Å². The molecule has 2 aromatic rings. The zero-order valence-electron chi connectivity index (χ0n) is 13.0. The molecule has 120 valence electrons. The Morgan fingerprint density at radius 2 is 1.87 bits per heavy atom. The average Bonchev–Trinajstić information content (AvgIpc) is 2.58. The third-order valence-electron chi connectivity index (χ3n) is 3.82. The number of aromatic hydroxyl groups is 1. The average molecular weight is 375 g/mol. The van der Waals surface area contributed by atoms with Crippen molar-refractivity contribution in [3.05, 3.63) is 52.0 Å². The monoisotopic (exact) mass is 374 g/mol. The molecule has 0 unspecified atom stereocenters. The molecule has 0 amide bonds. The van der Waals surface area contributed by atoms with Gasteiger partial charge in [0, 0.05) is 30.6 Å². The number of hydrogen-bond donors (Lipinski definition) is 1. The van der Waals surface area contributed by atoms with E-state index in [2.05, 4.69) is 38.0 Å². The lowest BCUT2D eigenvalue weighted by Gasteiger charge is -2.28. The third kappa shape index (κ3) is 3.92. The molecule has 0 bridgehead atoms. The molecular formula is C18H19BrN2O2. The summed E-state index contributed by atoms with van der Waals surface area (Å²) in [4.78, 5) is 6.76. The zero-order valence-corrected chi connectivity index (χ0v) is 14.6. The van der Waals surface area contributed by atoms with Crippen LogP contribution < -0.4 is 4.90 Å². The number of aryl methyl sites for hydroxylation is 1. The molecule has 1 aliphatic rings. The molecule has 1 saturated heterocycles. The van der Waals surface area contributed by atoms with Gasteiger partial charge >= 0.3 is 0 Å². The number of halogens is 1. The highest BCUT2D eigenvalue weighted by Gasteiger charge is 2.10. The Balaban J connectivity index is 1.75. The lowest BCUT2D eigenvalue weighted by Crippen LogP contribution is -2.36. The minimum absolute atomic E-state index is 0.212. The van der Waals surface area contributed by atoms with Crippen molar-refractivity contribution in [1.29, 1.82) is 0 Å².